The molecule has 4 heteroatoms. The van der Waals surface area contributed by atoms with Crippen LogP contribution in [0.1, 0.15) is 48.5 Å². The highest BCUT2D eigenvalue weighted by Crippen LogP contribution is 2.12. The quantitative estimate of drug-likeness (QED) is 0.741. The molecule has 2 unspecified atom stereocenters. The van der Waals surface area contributed by atoms with Crippen LogP contribution in [0.15, 0.2) is 24.3 Å². The molecule has 20 heavy (non-hydrogen) atoms. The standard InChI is InChI=1S/C16H25N3O/c1-12(9-15-7-2-3-8-18-15)19-11-13-5-4-6-14(10-13)16(17)20/h4-6,10,12,15,18-19H,2-3,7-9,11H2,1H3,(H2,17,20). The lowest BCUT2D eigenvalue weighted by atomic mass is 9.98. The average Bonchev–Trinajstić information content (AvgIpc) is 2.46. The van der Waals surface area contributed by atoms with Crippen LogP contribution in [-0.2, 0) is 6.54 Å². The van der Waals surface area contributed by atoms with Gasteiger partial charge in [-0.05, 0) is 50.4 Å². The fraction of sp³-hybridized carbons (Fsp3) is 0.562. The molecule has 110 valence electrons. The van der Waals surface area contributed by atoms with Crippen molar-refractivity contribution in [1.82, 2.24) is 10.6 Å². The number of carbonyl (C=O) groups excluding carboxylic acids is 1. The maximum Gasteiger partial charge on any atom is 0.248 e. The molecule has 1 saturated heterocycles. The van der Waals surface area contributed by atoms with Gasteiger partial charge < -0.3 is 16.4 Å². The first kappa shape index (κ1) is 15.0. The van der Waals surface area contributed by atoms with E-state index in [-0.39, 0.29) is 5.91 Å². The van der Waals surface area contributed by atoms with Gasteiger partial charge in [0.05, 0.1) is 0 Å². The maximum atomic E-state index is 11.1. The van der Waals surface area contributed by atoms with Crippen molar-refractivity contribution in [2.75, 3.05) is 6.54 Å². The fourth-order valence-corrected chi connectivity index (χ4v) is 2.76. The van der Waals surface area contributed by atoms with Crippen molar-refractivity contribution in [1.29, 1.82) is 0 Å². The Morgan fingerprint density at radius 1 is 1.50 bits per heavy atom. The van der Waals surface area contributed by atoms with Crippen LogP contribution in [0.2, 0.25) is 0 Å². The summed E-state index contributed by atoms with van der Waals surface area (Å²) >= 11 is 0. The topological polar surface area (TPSA) is 67.2 Å². The van der Waals surface area contributed by atoms with E-state index in [9.17, 15) is 4.79 Å². The van der Waals surface area contributed by atoms with Crippen molar-refractivity contribution in [3.63, 3.8) is 0 Å². The summed E-state index contributed by atoms with van der Waals surface area (Å²) in [5.41, 5.74) is 6.97. The molecule has 1 aliphatic rings. The lowest BCUT2D eigenvalue weighted by molar-refractivity contribution is 0.1000. The summed E-state index contributed by atoms with van der Waals surface area (Å²) in [5.74, 6) is -0.369. The second-order valence-electron chi connectivity index (χ2n) is 5.73. The number of carbonyl (C=O) groups is 1. The van der Waals surface area contributed by atoms with E-state index >= 15 is 0 Å². The van der Waals surface area contributed by atoms with E-state index in [1.807, 2.05) is 18.2 Å². The SMILES string of the molecule is CC(CC1CCCCN1)NCc1cccc(C(N)=O)c1. The van der Waals surface area contributed by atoms with Crippen molar-refractivity contribution < 1.29 is 4.79 Å². The van der Waals surface area contributed by atoms with E-state index in [4.69, 9.17) is 5.73 Å². The minimum atomic E-state index is -0.369. The van der Waals surface area contributed by atoms with Gasteiger partial charge in [0.2, 0.25) is 5.91 Å². The molecule has 1 aromatic rings. The molecule has 0 bridgehead atoms. The summed E-state index contributed by atoms with van der Waals surface area (Å²) < 4.78 is 0. The Morgan fingerprint density at radius 2 is 2.35 bits per heavy atom. The zero-order valence-corrected chi connectivity index (χ0v) is 12.2. The van der Waals surface area contributed by atoms with Crippen molar-refractivity contribution in [2.45, 2.75) is 51.2 Å². The Labute approximate surface area is 121 Å². The molecule has 2 rings (SSSR count). The molecule has 1 aliphatic heterocycles. The molecule has 4 N–H and O–H groups in total. The highest BCUT2D eigenvalue weighted by molar-refractivity contribution is 5.92. The van der Waals surface area contributed by atoms with Crippen LogP contribution in [-0.4, -0.2) is 24.5 Å². The number of hydrogen-bond donors (Lipinski definition) is 3. The van der Waals surface area contributed by atoms with Crippen LogP contribution >= 0.6 is 0 Å². The minimum Gasteiger partial charge on any atom is -0.366 e. The van der Waals surface area contributed by atoms with Crippen LogP contribution in [0.4, 0.5) is 0 Å². The van der Waals surface area contributed by atoms with Gasteiger partial charge in [0.1, 0.15) is 0 Å². The summed E-state index contributed by atoms with van der Waals surface area (Å²) in [7, 11) is 0. The Hall–Kier alpha value is -1.39. The molecule has 1 heterocycles. The Morgan fingerprint density at radius 3 is 3.05 bits per heavy atom. The molecular weight excluding hydrogens is 250 g/mol. The Kier molecular flexibility index (Phi) is 5.56. The summed E-state index contributed by atoms with van der Waals surface area (Å²) in [6, 6.07) is 8.61. The molecule has 4 nitrogen and oxygen atoms in total. The fourth-order valence-electron chi connectivity index (χ4n) is 2.76. The number of hydrogen-bond acceptors (Lipinski definition) is 3. The van der Waals surface area contributed by atoms with E-state index in [2.05, 4.69) is 17.6 Å². The van der Waals surface area contributed by atoms with E-state index in [0.717, 1.165) is 25.1 Å². The van der Waals surface area contributed by atoms with E-state index in [0.29, 0.717) is 17.6 Å². The molecule has 0 aliphatic carbocycles. The number of primary amides is 1. The third-order valence-corrected chi connectivity index (χ3v) is 3.92. The van der Waals surface area contributed by atoms with Crippen molar-refractivity contribution >= 4 is 5.91 Å². The first-order chi connectivity index (χ1) is 9.65. The monoisotopic (exact) mass is 275 g/mol. The van der Waals surface area contributed by atoms with Gasteiger partial charge >= 0.3 is 0 Å². The summed E-state index contributed by atoms with van der Waals surface area (Å²) in [4.78, 5) is 11.1. The van der Waals surface area contributed by atoms with Crippen molar-refractivity contribution in [3.8, 4) is 0 Å². The first-order valence-electron chi connectivity index (χ1n) is 7.50. The molecule has 1 fully saturated rings. The van der Waals surface area contributed by atoms with E-state index in [1.54, 1.807) is 6.07 Å². The van der Waals surface area contributed by atoms with Gasteiger partial charge in [-0.15, -0.1) is 0 Å². The molecular formula is C16H25N3O. The maximum absolute atomic E-state index is 11.1. The van der Waals surface area contributed by atoms with Crippen LogP contribution in [0, 0.1) is 0 Å². The van der Waals surface area contributed by atoms with Gasteiger partial charge in [-0.3, -0.25) is 4.79 Å². The smallest absolute Gasteiger partial charge is 0.248 e. The predicted octanol–water partition coefficient (Wildman–Crippen LogP) is 1.80. The predicted molar refractivity (Wildman–Crippen MR) is 81.5 cm³/mol. The van der Waals surface area contributed by atoms with Gasteiger partial charge in [0, 0.05) is 24.2 Å². The highest BCUT2D eigenvalue weighted by atomic mass is 16.1. The molecule has 1 amide bonds. The largest absolute Gasteiger partial charge is 0.366 e. The number of amides is 1. The lowest BCUT2D eigenvalue weighted by Gasteiger charge is -2.26. The van der Waals surface area contributed by atoms with Crippen molar-refractivity contribution in [2.24, 2.45) is 5.73 Å². The molecule has 0 saturated carbocycles. The second kappa shape index (κ2) is 7.41. The Balaban J connectivity index is 1.78. The number of nitrogens with two attached hydrogens (primary N) is 1. The third kappa shape index (κ3) is 4.62. The van der Waals surface area contributed by atoms with Gasteiger partial charge in [0.15, 0.2) is 0 Å². The molecule has 0 radical (unpaired) electrons. The third-order valence-electron chi connectivity index (χ3n) is 3.92. The van der Waals surface area contributed by atoms with Gasteiger partial charge in [0.25, 0.3) is 0 Å². The van der Waals surface area contributed by atoms with Crippen LogP contribution < -0.4 is 16.4 Å². The van der Waals surface area contributed by atoms with Gasteiger partial charge in [-0.25, -0.2) is 0 Å². The van der Waals surface area contributed by atoms with Gasteiger partial charge in [-0.1, -0.05) is 18.6 Å². The summed E-state index contributed by atoms with van der Waals surface area (Å²) in [6.07, 6.45) is 5.07. The van der Waals surface area contributed by atoms with Crippen molar-refractivity contribution in [3.05, 3.63) is 35.4 Å². The number of piperidine rings is 1. The Bertz CT molecular complexity index is 441. The zero-order chi connectivity index (χ0) is 14.4. The summed E-state index contributed by atoms with van der Waals surface area (Å²) in [5, 5.41) is 7.09. The van der Waals surface area contributed by atoms with E-state index in [1.165, 1.54) is 19.3 Å². The summed E-state index contributed by atoms with van der Waals surface area (Å²) in [6.45, 7) is 4.14. The zero-order valence-electron chi connectivity index (χ0n) is 12.2. The number of rotatable bonds is 6. The first-order valence-corrected chi connectivity index (χ1v) is 7.50. The average molecular weight is 275 g/mol. The highest BCUT2D eigenvalue weighted by Gasteiger charge is 2.15. The molecule has 0 aromatic heterocycles. The van der Waals surface area contributed by atoms with Crippen LogP contribution in [0.3, 0.4) is 0 Å². The van der Waals surface area contributed by atoms with Gasteiger partial charge in [-0.2, -0.15) is 0 Å². The minimum absolute atomic E-state index is 0.369. The normalized spacial score (nSPS) is 20.6. The van der Waals surface area contributed by atoms with Crippen LogP contribution in [0.5, 0.6) is 0 Å². The number of benzene rings is 1. The lowest BCUT2D eigenvalue weighted by Crippen LogP contribution is -2.39. The molecule has 2 atom stereocenters. The van der Waals surface area contributed by atoms with Crippen LogP contribution in [0.25, 0.3) is 0 Å². The number of nitrogens with one attached hydrogen (secondary N) is 2. The van der Waals surface area contributed by atoms with E-state index < -0.39 is 0 Å². The molecule has 0 spiro atoms. The second-order valence-corrected chi connectivity index (χ2v) is 5.73. The molecule has 1 aromatic carbocycles.